The van der Waals surface area contributed by atoms with Gasteiger partial charge in [0.25, 0.3) is 0 Å². The normalized spacial score (nSPS) is 10.7. The van der Waals surface area contributed by atoms with Crippen molar-refractivity contribution < 1.29 is 0 Å². The second-order valence-electron chi connectivity index (χ2n) is 3.54. The van der Waals surface area contributed by atoms with Crippen LogP contribution in [0.1, 0.15) is 17.2 Å². The monoisotopic (exact) mass is 268 g/mol. The van der Waals surface area contributed by atoms with Crippen LogP contribution in [0.15, 0.2) is 11.2 Å². The molecule has 2 heterocycles. The van der Waals surface area contributed by atoms with Crippen LogP contribution in [0.4, 0.5) is 0 Å². The molecule has 0 saturated heterocycles. The summed E-state index contributed by atoms with van der Waals surface area (Å²) in [4.78, 5) is 8.65. The molecular formula is C9H12N6S2. The number of thioether (sulfide) groups is 1. The summed E-state index contributed by atoms with van der Waals surface area (Å²) in [5.74, 6) is 6.94. The van der Waals surface area contributed by atoms with Crippen LogP contribution in [0.2, 0.25) is 0 Å². The SMILES string of the molecule is Cc1cc(C)nc(SCc2n[nH]c(=S)n2N)n1. The van der Waals surface area contributed by atoms with Gasteiger partial charge >= 0.3 is 0 Å². The lowest BCUT2D eigenvalue weighted by Crippen LogP contribution is -2.12. The minimum Gasteiger partial charge on any atom is -0.335 e. The highest BCUT2D eigenvalue weighted by Crippen LogP contribution is 2.18. The summed E-state index contributed by atoms with van der Waals surface area (Å²) < 4.78 is 1.76. The molecule has 2 aromatic rings. The van der Waals surface area contributed by atoms with E-state index in [1.165, 1.54) is 16.4 Å². The Balaban J connectivity index is 2.12. The highest BCUT2D eigenvalue weighted by molar-refractivity contribution is 7.98. The molecule has 0 saturated carbocycles. The van der Waals surface area contributed by atoms with Crippen LogP contribution in [0, 0.1) is 18.6 Å². The maximum Gasteiger partial charge on any atom is 0.214 e. The number of nitrogens with one attached hydrogen (secondary N) is 1. The fourth-order valence-electron chi connectivity index (χ4n) is 1.33. The first-order valence-corrected chi connectivity index (χ1v) is 6.32. The van der Waals surface area contributed by atoms with E-state index >= 15 is 0 Å². The minimum absolute atomic E-state index is 0.405. The maximum atomic E-state index is 5.69. The van der Waals surface area contributed by atoms with Gasteiger partial charge in [0.2, 0.25) is 4.77 Å². The van der Waals surface area contributed by atoms with Crippen molar-refractivity contribution in [1.29, 1.82) is 0 Å². The van der Waals surface area contributed by atoms with Crippen LogP contribution >= 0.6 is 24.0 Å². The molecule has 2 aromatic heterocycles. The third kappa shape index (κ3) is 2.83. The van der Waals surface area contributed by atoms with E-state index in [0.29, 0.717) is 16.3 Å². The topological polar surface area (TPSA) is 85.4 Å². The van der Waals surface area contributed by atoms with Crippen LogP contribution in [0.3, 0.4) is 0 Å². The zero-order valence-corrected chi connectivity index (χ0v) is 11.1. The van der Waals surface area contributed by atoms with Crippen molar-refractivity contribution in [2.75, 3.05) is 5.84 Å². The molecule has 0 atom stereocenters. The van der Waals surface area contributed by atoms with Gasteiger partial charge in [-0.25, -0.2) is 14.6 Å². The van der Waals surface area contributed by atoms with E-state index in [1.807, 2.05) is 19.9 Å². The Kier molecular flexibility index (Phi) is 3.43. The van der Waals surface area contributed by atoms with E-state index in [2.05, 4.69) is 20.2 Å². The molecule has 0 spiro atoms. The molecule has 8 heteroatoms. The van der Waals surface area contributed by atoms with Crippen LogP contribution in [0.5, 0.6) is 0 Å². The van der Waals surface area contributed by atoms with Gasteiger partial charge in [0.1, 0.15) is 0 Å². The van der Waals surface area contributed by atoms with Crippen molar-refractivity contribution in [3.05, 3.63) is 28.0 Å². The quantitative estimate of drug-likeness (QED) is 0.378. The number of nitrogens with two attached hydrogens (primary N) is 1. The minimum atomic E-state index is 0.405. The molecule has 0 aliphatic carbocycles. The van der Waals surface area contributed by atoms with Gasteiger partial charge in [0.15, 0.2) is 11.0 Å². The molecule has 0 aliphatic rings. The molecule has 17 heavy (non-hydrogen) atoms. The Morgan fingerprint density at radius 2 is 2.06 bits per heavy atom. The highest BCUT2D eigenvalue weighted by atomic mass is 32.2. The van der Waals surface area contributed by atoms with Crippen LogP contribution in [-0.2, 0) is 5.75 Å². The predicted molar refractivity (Wildman–Crippen MR) is 68.6 cm³/mol. The van der Waals surface area contributed by atoms with E-state index in [1.54, 1.807) is 0 Å². The lowest BCUT2D eigenvalue weighted by Gasteiger charge is -2.02. The van der Waals surface area contributed by atoms with Gasteiger partial charge in [0.05, 0.1) is 5.75 Å². The molecule has 2 rings (SSSR count). The second kappa shape index (κ2) is 4.84. The molecule has 0 bridgehead atoms. The number of rotatable bonds is 3. The van der Waals surface area contributed by atoms with E-state index in [-0.39, 0.29) is 0 Å². The maximum absolute atomic E-state index is 5.69. The number of hydrogen-bond acceptors (Lipinski definition) is 6. The Morgan fingerprint density at radius 1 is 1.41 bits per heavy atom. The van der Waals surface area contributed by atoms with E-state index < -0.39 is 0 Å². The fourth-order valence-corrected chi connectivity index (χ4v) is 2.36. The molecule has 0 radical (unpaired) electrons. The van der Waals surface area contributed by atoms with Gasteiger partial charge in [0, 0.05) is 11.4 Å². The zero-order valence-electron chi connectivity index (χ0n) is 9.47. The number of nitrogen functional groups attached to an aromatic ring is 1. The Hall–Kier alpha value is -1.41. The Labute approximate surface area is 108 Å². The largest absolute Gasteiger partial charge is 0.335 e. The zero-order chi connectivity index (χ0) is 12.4. The Morgan fingerprint density at radius 3 is 2.59 bits per heavy atom. The lowest BCUT2D eigenvalue weighted by atomic mass is 10.4. The van der Waals surface area contributed by atoms with Gasteiger partial charge in [-0.15, -0.1) is 0 Å². The van der Waals surface area contributed by atoms with Crippen molar-refractivity contribution in [2.24, 2.45) is 0 Å². The summed E-state index contributed by atoms with van der Waals surface area (Å²) in [5, 5.41) is 7.37. The summed E-state index contributed by atoms with van der Waals surface area (Å²) in [6.07, 6.45) is 0. The molecule has 6 nitrogen and oxygen atoms in total. The summed E-state index contributed by atoms with van der Waals surface area (Å²) >= 11 is 6.40. The average Bonchev–Trinajstić information content (AvgIpc) is 2.56. The van der Waals surface area contributed by atoms with Gasteiger partial charge in [-0.3, -0.25) is 5.10 Å². The van der Waals surface area contributed by atoms with Crippen LogP contribution in [-0.4, -0.2) is 24.8 Å². The van der Waals surface area contributed by atoms with E-state index in [0.717, 1.165) is 16.5 Å². The number of hydrogen-bond donors (Lipinski definition) is 2. The lowest BCUT2D eigenvalue weighted by molar-refractivity contribution is 0.883. The van der Waals surface area contributed by atoms with Crippen molar-refractivity contribution in [3.63, 3.8) is 0 Å². The Bertz CT molecular complexity index is 567. The summed E-state index contributed by atoms with van der Waals surface area (Å²) in [6.45, 7) is 3.88. The first kappa shape index (κ1) is 12.1. The second-order valence-corrected chi connectivity index (χ2v) is 4.87. The van der Waals surface area contributed by atoms with Gasteiger partial charge in [-0.05, 0) is 32.1 Å². The predicted octanol–water partition coefficient (Wildman–Crippen LogP) is 1.35. The molecule has 0 aliphatic heterocycles. The fraction of sp³-hybridized carbons (Fsp3) is 0.333. The van der Waals surface area contributed by atoms with Gasteiger partial charge in [-0.2, -0.15) is 5.10 Å². The molecular weight excluding hydrogens is 256 g/mol. The number of aromatic amines is 1. The summed E-state index contributed by atoms with van der Waals surface area (Å²) in [6, 6.07) is 1.93. The van der Waals surface area contributed by atoms with Crippen molar-refractivity contribution in [3.8, 4) is 0 Å². The molecule has 0 unspecified atom stereocenters. The molecule has 0 fully saturated rings. The molecule has 90 valence electrons. The van der Waals surface area contributed by atoms with Crippen LogP contribution < -0.4 is 5.84 Å². The van der Waals surface area contributed by atoms with Gasteiger partial charge < -0.3 is 5.84 Å². The summed E-state index contributed by atoms with van der Waals surface area (Å²) in [5.41, 5.74) is 1.90. The highest BCUT2D eigenvalue weighted by Gasteiger charge is 2.06. The standard InChI is InChI=1S/C9H12N6S2/c1-5-3-6(2)12-8(11-5)17-4-7-13-14-9(16)15(7)10/h3H,4,10H2,1-2H3,(H,14,16). The molecule has 3 N–H and O–H groups in total. The number of aromatic nitrogens is 5. The third-order valence-electron chi connectivity index (χ3n) is 2.07. The van der Waals surface area contributed by atoms with Gasteiger partial charge in [-0.1, -0.05) is 11.8 Å². The summed E-state index contributed by atoms with van der Waals surface area (Å²) in [7, 11) is 0. The molecule has 0 amide bonds. The van der Waals surface area contributed by atoms with E-state index in [4.69, 9.17) is 18.1 Å². The number of nitrogens with zero attached hydrogens (tertiary/aromatic N) is 4. The van der Waals surface area contributed by atoms with E-state index in [9.17, 15) is 0 Å². The third-order valence-corrected chi connectivity index (χ3v) is 3.20. The molecule has 0 aromatic carbocycles. The first-order chi connectivity index (χ1) is 8.06. The number of H-pyrrole nitrogens is 1. The van der Waals surface area contributed by atoms with Crippen molar-refractivity contribution >= 4 is 24.0 Å². The average molecular weight is 268 g/mol. The van der Waals surface area contributed by atoms with Crippen LogP contribution in [0.25, 0.3) is 0 Å². The smallest absolute Gasteiger partial charge is 0.214 e. The first-order valence-electron chi connectivity index (χ1n) is 4.92. The number of aryl methyl sites for hydroxylation is 2. The van der Waals surface area contributed by atoms with Crippen molar-refractivity contribution in [2.45, 2.75) is 24.8 Å². The van der Waals surface area contributed by atoms with Crippen molar-refractivity contribution in [1.82, 2.24) is 24.8 Å².